The van der Waals surface area contributed by atoms with Crippen molar-refractivity contribution in [3.05, 3.63) is 41.8 Å². The second-order valence-electron chi connectivity index (χ2n) is 5.61. The number of nitrogens with zero attached hydrogens (tertiary/aromatic N) is 1. The molecule has 19 heavy (non-hydrogen) atoms. The molecule has 0 fully saturated rings. The Morgan fingerprint density at radius 2 is 2.00 bits per heavy atom. The Labute approximate surface area is 111 Å². The molecule has 0 aliphatic heterocycles. The Kier molecular flexibility index (Phi) is 3.51. The van der Waals surface area contributed by atoms with E-state index in [0.29, 0.717) is 11.2 Å². The summed E-state index contributed by atoms with van der Waals surface area (Å²) in [5.41, 5.74) is 1.13. The minimum Gasteiger partial charge on any atom is -0.351 e. The molecule has 1 aromatic carbocycles. The third kappa shape index (κ3) is 3.74. The third-order valence-corrected chi connectivity index (χ3v) is 2.57. The average Bonchev–Trinajstić information content (AvgIpc) is 2.26. The van der Waals surface area contributed by atoms with E-state index in [4.69, 9.17) is 0 Å². The molecule has 2 aromatic rings. The lowest BCUT2D eigenvalue weighted by Gasteiger charge is -2.20. The highest BCUT2D eigenvalue weighted by molar-refractivity contribution is 5.82. The van der Waals surface area contributed by atoms with Crippen LogP contribution in [0.2, 0.25) is 0 Å². The summed E-state index contributed by atoms with van der Waals surface area (Å²) in [6, 6.07) is 7.96. The molecule has 0 atom stereocenters. The van der Waals surface area contributed by atoms with E-state index in [1.807, 2.05) is 20.8 Å². The van der Waals surface area contributed by atoms with Crippen molar-refractivity contribution in [3.63, 3.8) is 0 Å². The molecule has 0 saturated carbocycles. The van der Waals surface area contributed by atoms with E-state index in [0.717, 1.165) is 5.39 Å². The first-order chi connectivity index (χ1) is 8.83. The van der Waals surface area contributed by atoms with Crippen LogP contribution in [0, 0.1) is 5.82 Å². The lowest BCUT2D eigenvalue weighted by Crippen LogP contribution is -2.41. The Balaban J connectivity index is 2.18. The van der Waals surface area contributed by atoms with E-state index in [1.54, 1.807) is 18.2 Å². The summed E-state index contributed by atoms with van der Waals surface area (Å²) < 4.78 is 13.0. The second kappa shape index (κ2) is 4.96. The summed E-state index contributed by atoms with van der Waals surface area (Å²) in [4.78, 5) is 16.2. The van der Waals surface area contributed by atoms with Gasteiger partial charge >= 0.3 is 0 Å². The van der Waals surface area contributed by atoms with Crippen LogP contribution in [0.3, 0.4) is 0 Å². The van der Waals surface area contributed by atoms with Crippen LogP contribution in [-0.2, 0) is 11.2 Å². The molecule has 0 radical (unpaired) electrons. The summed E-state index contributed by atoms with van der Waals surface area (Å²) in [7, 11) is 0. The number of aromatic nitrogens is 1. The van der Waals surface area contributed by atoms with Gasteiger partial charge in [-0.15, -0.1) is 0 Å². The molecule has 100 valence electrons. The van der Waals surface area contributed by atoms with Gasteiger partial charge in [0.2, 0.25) is 5.91 Å². The van der Waals surface area contributed by atoms with E-state index in [1.165, 1.54) is 12.1 Å². The molecule has 1 heterocycles. The highest BCUT2D eigenvalue weighted by Crippen LogP contribution is 2.14. The number of benzene rings is 1. The first-order valence-corrected chi connectivity index (χ1v) is 6.20. The van der Waals surface area contributed by atoms with Gasteiger partial charge in [0.05, 0.1) is 17.6 Å². The molecule has 2 rings (SSSR count). The zero-order chi connectivity index (χ0) is 14.0. The smallest absolute Gasteiger partial charge is 0.226 e. The minimum absolute atomic E-state index is 0.0681. The molecule has 0 saturated heterocycles. The van der Waals surface area contributed by atoms with E-state index in [-0.39, 0.29) is 23.7 Å². The lowest BCUT2D eigenvalue weighted by molar-refractivity contribution is -0.121. The fourth-order valence-corrected chi connectivity index (χ4v) is 1.86. The number of hydrogen-bond acceptors (Lipinski definition) is 2. The van der Waals surface area contributed by atoms with Gasteiger partial charge in [0.1, 0.15) is 5.82 Å². The first-order valence-electron chi connectivity index (χ1n) is 6.20. The second-order valence-corrected chi connectivity index (χ2v) is 5.61. The Hall–Kier alpha value is -1.97. The highest BCUT2D eigenvalue weighted by atomic mass is 19.1. The maximum absolute atomic E-state index is 13.0. The number of carbonyl (C=O) groups excluding carboxylic acids is 1. The van der Waals surface area contributed by atoms with Crippen LogP contribution < -0.4 is 5.32 Å². The van der Waals surface area contributed by atoms with Gasteiger partial charge in [0, 0.05) is 10.9 Å². The van der Waals surface area contributed by atoms with Gasteiger partial charge in [-0.1, -0.05) is 6.07 Å². The van der Waals surface area contributed by atoms with Crippen molar-refractivity contribution in [3.8, 4) is 0 Å². The molecule has 4 heteroatoms. The van der Waals surface area contributed by atoms with Gasteiger partial charge in [-0.05, 0) is 45.0 Å². The van der Waals surface area contributed by atoms with E-state index in [9.17, 15) is 9.18 Å². The molecule has 1 aromatic heterocycles. The molecule has 0 bridgehead atoms. The molecule has 1 N–H and O–H groups in total. The SMILES string of the molecule is CC(C)(C)NC(=O)Cc1ccc2cc(F)ccc2n1. The van der Waals surface area contributed by atoms with Crippen molar-refractivity contribution < 1.29 is 9.18 Å². The summed E-state index contributed by atoms with van der Waals surface area (Å²) in [5, 5.41) is 3.62. The van der Waals surface area contributed by atoms with Crippen molar-refractivity contribution in [2.75, 3.05) is 0 Å². The maximum atomic E-state index is 13.0. The molecule has 0 aliphatic carbocycles. The molecule has 0 aliphatic rings. The number of rotatable bonds is 2. The van der Waals surface area contributed by atoms with Gasteiger partial charge in [-0.2, -0.15) is 0 Å². The maximum Gasteiger partial charge on any atom is 0.226 e. The Morgan fingerprint density at radius 1 is 1.26 bits per heavy atom. The minimum atomic E-state index is -0.285. The van der Waals surface area contributed by atoms with Gasteiger partial charge < -0.3 is 5.32 Å². The van der Waals surface area contributed by atoms with E-state index >= 15 is 0 Å². The summed E-state index contributed by atoms with van der Waals surface area (Å²) in [5.74, 6) is -0.353. The number of amides is 1. The quantitative estimate of drug-likeness (QED) is 0.902. The number of hydrogen-bond donors (Lipinski definition) is 1. The van der Waals surface area contributed by atoms with Crippen molar-refractivity contribution in [2.24, 2.45) is 0 Å². The number of fused-ring (bicyclic) bond motifs is 1. The first kappa shape index (κ1) is 13.5. The van der Waals surface area contributed by atoms with Crippen LogP contribution >= 0.6 is 0 Å². The van der Waals surface area contributed by atoms with Gasteiger partial charge in [0.25, 0.3) is 0 Å². The zero-order valence-electron chi connectivity index (χ0n) is 11.3. The molecule has 1 amide bonds. The van der Waals surface area contributed by atoms with Gasteiger partial charge in [0.15, 0.2) is 0 Å². The predicted molar refractivity (Wildman–Crippen MR) is 73.3 cm³/mol. The highest BCUT2D eigenvalue weighted by Gasteiger charge is 2.14. The van der Waals surface area contributed by atoms with Crippen molar-refractivity contribution in [1.82, 2.24) is 10.3 Å². The van der Waals surface area contributed by atoms with Crippen LogP contribution in [0.5, 0.6) is 0 Å². The van der Waals surface area contributed by atoms with Crippen molar-refractivity contribution in [1.29, 1.82) is 0 Å². The topological polar surface area (TPSA) is 42.0 Å². The predicted octanol–water partition coefficient (Wildman–Crippen LogP) is 2.83. The van der Waals surface area contributed by atoms with Crippen molar-refractivity contribution in [2.45, 2.75) is 32.7 Å². The number of carbonyl (C=O) groups is 1. The largest absolute Gasteiger partial charge is 0.351 e. The van der Waals surface area contributed by atoms with Crippen LogP contribution in [0.1, 0.15) is 26.5 Å². The third-order valence-electron chi connectivity index (χ3n) is 2.57. The summed E-state index contributed by atoms with van der Waals surface area (Å²) in [6.45, 7) is 5.80. The number of nitrogens with one attached hydrogen (secondary N) is 1. The van der Waals surface area contributed by atoms with Crippen LogP contribution in [0.15, 0.2) is 30.3 Å². The standard InChI is InChI=1S/C15H17FN2O/c1-15(2,3)18-14(19)9-12-6-4-10-8-11(16)5-7-13(10)17-12/h4-8H,9H2,1-3H3,(H,18,19). The summed E-state index contributed by atoms with van der Waals surface area (Å²) >= 11 is 0. The number of halogens is 1. The normalized spacial score (nSPS) is 11.6. The van der Waals surface area contributed by atoms with Crippen LogP contribution in [-0.4, -0.2) is 16.4 Å². The van der Waals surface area contributed by atoms with Gasteiger partial charge in [-0.3, -0.25) is 9.78 Å². The van der Waals surface area contributed by atoms with Crippen LogP contribution in [0.25, 0.3) is 10.9 Å². The number of pyridine rings is 1. The fourth-order valence-electron chi connectivity index (χ4n) is 1.86. The molecule has 0 spiro atoms. The molecular weight excluding hydrogens is 243 g/mol. The molecule has 3 nitrogen and oxygen atoms in total. The average molecular weight is 260 g/mol. The molecular formula is C15H17FN2O. The fraction of sp³-hybridized carbons (Fsp3) is 0.333. The monoisotopic (exact) mass is 260 g/mol. The van der Waals surface area contributed by atoms with E-state index < -0.39 is 0 Å². The summed E-state index contributed by atoms with van der Waals surface area (Å²) in [6.07, 6.45) is 0.227. The Bertz CT molecular complexity index is 617. The van der Waals surface area contributed by atoms with E-state index in [2.05, 4.69) is 10.3 Å². The molecule has 0 unspecified atom stereocenters. The zero-order valence-corrected chi connectivity index (χ0v) is 11.3. The van der Waals surface area contributed by atoms with Crippen LogP contribution in [0.4, 0.5) is 4.39 Å². The van der Waals surface area contributed by atoms with Crippen molar-refractivity contribution >= 4 is 16.8 Å². The lowest BCUT2D eigenvalue weighted by atomic mass is 10.1. The Morgan fingerprint density at radius 3 is 2.68 bits per heavy atom. The van der Waals surface area contributed by atoms with Gasteiger partial charge in [-0.25, -0.2) is 4.39 Å².